The molecule has 0 saturated carbocycles. The fraction of sp³-hybridized carbons (Fsp3) is 0.727. The maximum Gasteiger partial charge on any atom is 0.185 e. The molecule has 0 spiro atoms. The lowest BCUT2D eigenvalue weighted by Gasteiger charge is -2.19. The largest absolute Gasteiger partial charge is 0.351 e. The van der Waals surface area contributed by atoms with Crippen molar-refractivity contribution in [2.45, 2.75) is 39.8 Å². The number of nitrogens with zero attached hydrogens (tertiary/aromatic N) is 2. The molecule has 0 bridgehead atoms. The molecule has 0 aromatic carbocycles. The lowest BCUT2D eigenvalue weighted by molar-refractivity contribution is 0.422. The summed E-state index contributed by atoms with van der Waals surface area (Å²) >= 11 is 1.71. The maximum absolute atomic E-state index is 4.57. The molecule has 0 radical (unpaired) electrons. The molecule has 1 heterocycles. The highest BCUT2D eigenvalue weighted by Crippen LogP contribution is 2.19. The second kappa shape index (κ2) is 4.94. The Bertz CT molecular complexity index is 301. The van der Waals surface area contributed by atoms with Crippen LogP contribution in [0, 0.1) is 0 Å². The summed E-state index contributed by atoms with van der Waals surface area (Å²) in [6.45, 7) is 10.5. The van der Waals surface area contributed by atoms with Crippen molar-refractivity contribution < 1.29 is 0 Å². The highest BCUT2D eigenvalue weighted by Gasteiger charge is 2.10. The molecule has 0 aliphatic heterocycles. The van der Waals surface area contributed by atoms with E-state index < -0.39 is 0 Å². The van der Waals surface area contributed by atoms with Crippen molar-refractivity contribution in [1.29, 1.82) is 0 Å². The topological polar surface area (TPSA) is 28.2 Å². The second-order valence-corrected chi connectivity index (χ2v) is 5.58. The Morgan fingerprint density at radius 1 is 1.47 bits per heavy atom. The number of thiazole rings is 1. The van der Waals surface area contributed by atoms with Gasteiger partial charge in [0.2, 0.25) is 0 Å². The van der Waals surface area contributed by atoms with Gasteiger partial charge in [-0.15, -0.1) is 11.3 Å². The summed E-state index contributed by atoms with van der Waals surface area (Å²) in [5.74, 6) is 0. The van der Waals surface area contributed by atoms with Crippen LogP contribution in [0.4, 0.5) is 5.13 Å². The lowest BCUT2D eigenvalue weighted by Crippen LogP contribution is -2.35. The van der Waals surface area contributed by atoms with Crippen LogP contribution in [0.1, 0.15) is 33.4 Å². The summed E-state index contributed by atoms with van der Waals surface area (Å²) in [6.07, 6.45) is 0. The molecule has 0 amide bonds. The number of anilines is 1. The van der Waals surface area contributed by atoms with Gasteiger partial charge in [-0.1, -0.05) is 0 Å². The molecule has 0 atom stereocenters. The highest BCUT2D eigenvalue weighted by molar-refractivity contribution is 7.13. The normalized spacial score (nSPS) is 11.8. The van der Waals surface area contributed by atoms with Crippen LogP contribution in [0.5, 0.6) is 0 Å². The van der Waals surface area contributed by atoms with Crippen LogP contribution in [-0.2, 0) is 6.54 Å². The van der Waals surface area contributed by atoms with Gasteiger partial charge in [0.25, 0.3) is 0 Å². The minimum atomic E-state index is 0.153. The molecule has 1 aromatic heterocycles. The summed E-state index contributed by atoms with van der Waals surface area (Å²) < 4.78 is 0. The second-order valence-electron chi connectivity index (χ2n) is 4.74. The minimum Gasteiger partial charge on any atom is -0.351 e. The SMILES string of the molecule is CCN(C)c1nc(CNC(C)(C)C)cs1. The minimum absolute atomic E-state index is 0.153. The van der Waals surface area contributed by atoms with Gasteiger partial charge in [-0.05, 0) is 27.7 Å². The van der Waals surface area contributed by atoms with Crippen LogP contribution in [-0.4, -0.2) is 24.1 Å². The van der Waals surface area contributed by atoms with E-state index in [2.05, 4.69) is 55.3 Å². The van der Waals surface area contributed by atoms with Crippen molar-refractivity contribution in [2.24, 2.45) is 0 Å². The average molecular weight is 227 g/mol. The summed E-state index contributed by atoms with van der Waals surface area (Å²) in [4.78, 5) is 6.72. The van der Waals surface area contributed by atoms with Crippen LogP contribution in [0.2, 0.25) is 0 Å². The van der Waals surface area contributed by atoms with Crippen molar-refractivity contribution >= 4 is 16.5 Å². The molecule has 1 rings (SSSR count). The number of rotatable bonds is 4. The molecule has 3 nitrogen and oxygen atoms in total. The monoisotopic (exact) mass is 227 g/mol. The van der Waals surface area contributed by atoms with E-state index in [1.54, 1.807) is 11.3 Å². The van der Waals surface area contributed by atoms with E-state index in [0.717, 1.165) is 23.9 Å². The van der Waals surface area contributed by atoms with Gasteiger partial charge in [0.05, 0.1) is 5.69 Å². The Balaban J connectivity index is 2.53. The van der Waals surface area contributed by atoms with Crippen molar-refractivity contribution in [2.75, 3.05) is 18.5 Å². The summed E-state index contributed by atoms with van der Waals surface area (Å²) in [5, 5.41) is 6.66. The Morgan fingerprint density at radius 3 is 2.67 bits per heavy atom. The van der Waals surface area contributed by atoms with E-state index in [1.165, 1.54) is 0 Å². The van der Waals surface area contributed by atoms with Gasteiger partial charge in [-0.2, -0.15) is 0 Å². The smallest absolute Gasteiger partial charge is 0.185 e. The fourth-order valence-electron chi connectivity index (χ4n) is 1.04. The molecule has 86 valence electrons. The Hall–Kier alpha value is -0.610. The van der Waals surface area contributed by atoms with Gasteiger partial charge < -0.3 is 10.2 Å². The van der Waals surface area contributed by atoms with Crippen molar-refractivity contribution in [3.8, 4) is 0 Å². The van der Waals surface area contributed by atoms with E-state index in [9.17, 15) is 0 Å². The van der Waals surface area contributed by atoms with E-state index >= 15 is 0 Å². The zero-order chi connectivity index (χ0) is 11.5. The Labute approximate surface area is 96.5 Å². The average Bonchev–Trinajstić information content (AvgIpc) is 2.61. The van der Waals surface area contributed by atoms with Gasteiger partial charge in [0.15, 0.2) is 5.13 Å². The first-order chi connectivity index (χ1) is 6.92. The molecule has 15 heavy (non-hydrogen) atoms. The molecule has 1 aromatic rings. The fourth-order valence-corrected chi connectivity index (χ4v) is 1.90. The molecule has 0 saturated heterocycles. The lowest BCUT2D eigenvalue weighted by atomic mass is 10.1. The third kappa shape index (κ3) is 4.18. The number of hydrogen-bond donors (Lipinski definition) is 1. The van der Waals surface area contributed by atoms with Gasteiger partial charge in [-0.25, -0.2) is 4.98 Å². The Kier molecular flexibility index (Phi) is 4.11. The zero-order valence-electron chi connectivity index (χ0n) is 10.3. The van der Waals surface area contributed by atoms with E-state index in [0.29, 0.717) is 0 Å². The first kappa shape index (κ1) is 12.5. The van der Waals surface area contributed by atoms with Crippen LogP contribution < -0.4 is 10.2 Å². The first-order valence-electron chi connectivity index (χ1n) is 5.33. The van der Waals surface area contributed by atoms with E-state index in [1.807, 2.05) is 0 Å². The maximum atomic E-state index is 4.57. The summed E-state index contributed by atoms with van der Waals surface area (Å²) in [5.41, 5.74) is 1.28. The van der Waals surface area contributed by atoms with Gasteiger partial charge in [0, 0.05) is 31.1 Å². The molecule has 0 aliphatic rings. The van der Waals surface area contributed by atoms with E-state index in [4.69, 9.17) is 0 Å². The third-order valence-corrected chi connectivity index (χ3v) is 3.14. The van der Waals surface area contributed by atoms with Crippen LogP contribution in [0.15, 0.2) is 5.38 Å². The molecule has 0 unspecified atom stereocenters. The Morgan fingerprint density at radius 2 is 2.13 bits per heavy atom. The van der Waals surface area contributed by atoms with Crippen molar-refractivity contribution in [3.05, 3.63) is 11.1 Å². The predicted molar refractivity (Wildman–Crippen MR) is 67.7 cm³/mol. The van der Waals surface area contributed by atoms with Crippen LogP contribution in [0.25, 0.3) is 0 Å². The first-order valence-corrected chi connectivity index (χ1v) is 6.21. The molecular formula is C11H21N3S. The quantitative estimate of drug-likeness (QED) is 0.856. The van der Waals surface area contributed by atoms with Crippen LogP contribution in [0.3, 0.4) is 0 Å². The van der Waals surface area contributed by atoms with Gasteiger partial charge in [0.1, 0.15) is 0 Å². The number of aromatic nitrogens is 1. The molecule has 0 fully saturated rings. The standard InChI is InChI=1S/C11H21N3S/c1-6-14(5)10-13-9(8-15-10)7-12-11(2,3)4/h8,12H,6-7H2,1-5H3. The van der Waals surface area contributed by atoms with E-state index in [-0.39, 0.29) is 5.54 Å². The third-order valence-electron chi connectivity index (χ3n) is 2.14. The predicted octanol–water partition coefficient (Wildman–Crippen LogP) is 2.49. The zero-order valence-corrected chi connectivity index (χ0v) is 11.1. The number of nitrogens with one attached hydrogen (secondary N) is 1. The molecule has 4 heteroatoms. The van der Waals surface area contributed by atoms with Crippen molar-refractivity contribution in [1.82, 2.24) is 10.3 Å². The summed E-state index contributed by atoms with van der Waals surface area (Å²) in [6, 6.07) is 0. The number of hydrogen-bond acceptors (Lipinski definition) is 4. The summed E-state index contributed by atoms with van der Waals surface area (Å²) in [7, 11) is 2.07. The van der Waals surface area contributed by atoms with Gasteiger partial charge in [-0.3, -0.25) is 0 Å². The van der Waals surface area contributed by atoms with Gasteiger partial charge >= 0.3 is 0 Å². The molecule has 0 aliphatic carbocycles. The molecule has 1 N–H and O–H groups in total. The highest BCUT2D eigenvalue weighted by atomic mass is 32.1. The molecular weight excluding hydrogens is 206 g/mol. The van der Waals surface area contributed by atoms with Crippen LogP contribution >= 0.6 is 11.3 Å². The van der Waals surface area contributed by atoms with Crippen molar-refractivity contribution in [3.63, 3.8) is 0 Å².